The first kappa shape index (κ1) is 23.1. The van der Waals surface area contributed by atoms with Crippen LogP contribution in [0.5, 0.6) is 0 Å². The molecule has 1 saturated heterocycles. The Balaban J connectivity index is 1.61. The van der Waals surface area contributed by atoms with Gasteiger partial charge in [-0.1, -0.05) is 35.3 Å². The molecule has 0 atom stereocenters. The van der Waals surface area contributed by atoms with E-state index in [1.54, 1.807) is 35.0 Å². The first-order chi connectivity index (χ1) is 16.5. The number of rotatable bonds is 4. The zero-order valence-corrected chi connectivity index (χ0v) is 19.9. The van der Waals surface area contributed by atoms with Crippen molar-refractivity contribution in [2.45, 2.75) is 19.3 Å². The van der Waals surface area contributed by atoms with Crippen molar-refractivity contribution >= 4 is 40.8 Å². The normalized spacial score (nSPS) is 17.6. The molecule has 0 bridgehead atoms. The molecule has 1 aliphatic carbocycles. The average Bonchev–Trinajstić information content (AvgIpc) is 3.22. The van der Waals surface area contributed by atoms with Crippen LogP contribution in [0.4, 0.5) is 4.39 Å². The maximum atomic E-state index is 13.4. The second kappa shape index (κ2) is 9.88. The number of hydrogen-bond acceptors (Lipinski definition) is 4. The summed E-state index contributed by atoms with van der Waals surface area (Å²) >= 11 is 12.7. The topological polar surface area (TPSA) is 59.4 Å². The van der Waals surface area contributed by atoms with E-state index in [-0.39, 0.29) is 11.7 Å². The van der Waals surface area contributed by atoms with E-state index in [1.165, 1.54) is 12.1 Å². The molecule has 176 valence electrons. The van der Waals surface area contributed by atoms with Gasteiger partial charge in [0.1, 0.15) is 5.82 Å². The number of morpholine rings is 1. The fourth-order valence-electron chi connectivity index (χ4n) is 4.37. The number of nitrogens with zero attached hydrogens (tertiary/aromatic N) is 3. The van der Waals surface area contributed by atoms with Crippen LogP contribution in [-0.2, 0) is 11.2 Å². The number of carbonyl (C=O) groups is 1. The summed E-state index contributed by atoms with van der Waals surface area (Å²) in [6.45, 7) is 2.37. The molecule has 2 aliphatic rings. The van der Waals surface area contributed by atoms with Crippen molar-refractivity contribution in [2.75, 3.05) is 26.3 Å². The fourth-order valence-corrected chi connectivity index (χ4v) is 4.86. The minimum absolute atomic E-state index is 0.259. The van der Waals surface area contributed by atoms with Crippen LogP contribution in [0.1, 0.15) is 40.2 Å². The van der Waals surface area contributed by atoms with Crippen molar-refractivity contribution in [3.05, 3.63) is 80.8 Å². The number of nitrogens with one attached hydrogen (secondary N) is 1. The second-order valence-corrected chi connectivity index (χ2v) is 9.14. The van der Waals surface area contributed by atoms with Crippen LogP contribution < -0.4 is 5.43 Å². The van der Waals surface area contributed by atoms with Crippen molar-refractivity contribution in [3.63, 3.8) is 0 Å². The van der Waals surface area contributed by atoms with Gasteiger partial charge in [-0.15, -0.1) is 0 Å². The molecule has 1 N–H and O–H groups in total. The second-order valence-electron chi connectivity index (χ2n) is 8.30. The summed E-state index contributed by atoms with van der Waals surface area (Å²) in [5.41, 5.74) is 7.57. The Morgan fingerprint density at radius 2 is 1.85 bits per heavy atom. The smallest absolute Gasteiger partial charge is 0.286 e. The molecule has 1 fully saturated rings. The third-order valence-electron chi connectivity index (χ3n) is 6.00. The van der Waals surface area contributed by atoms with Crippen molar-refractivity contribution < 1.29 is 13.9 Å². The Bertz CT molecular complexity index is 1250. The Morgan fingerprint density at radius 3 is 2.59 bits per heavy atom. The van der Waals surface area contributed by atoms with Crippen molar-refractivity contribution in [2.24, 2.45) is 0 Å². The number of hydrazine groups is 1. The first-order valence-electron chi connectivity index (χ1n) is 11.2. The zero-order valence-electron chi connectivity index (χ0n) is 18.4. The predicted molar refractivity (Wildman–Crippen MR) is 131 cm³/mol. The fraction of sp³-hybridized carbons (Fsp3) is 0.280. The quantitative estimate of drug-likeness (QED) is 0.536. The molecule has 5 rings (SSSR count). The summed E-state index contributed by atoms with van der Waals surface area (Å²) in [7, 11) is 0. The first-order valence-corrected chi connectivity index (χ1v) is 11.9. The summed E-state index contributed by atoms with van der Waals surface area (Å²) in [4.78, 5) is 13.3. The van der Waals surface area contributed by atoms with Crippen LogP contribution >= 0.6 is 23.2 Å². The van der Waals surface area contributed by atoms with Gasteiger partial charge < -0.3 is 4.74 Å². The van der Waals surface area contributed by atoms with Crippen molar-refractivity contribution in [3.8, 4) is 5.69 Å². The molecule has 1 amide bonds. The SMILES string of the molecule is O=C(NN1CCOCC1)c1nn(-c2ccc(Cl)cc2Cl)c2c1CCC/C2=C\c1ccc(F)cc1. The number of benzene rings is 2. The number of ether oxygens (including phenoxy) is 1. The summed E-state index contributed by atoms with van der Waals surface area (Å²) in [6.07, 6.45) is 4.40. The highest BCUT2D eigenvalue weighted by Gasteiger charge is 2.30. The zero-order chi connectivity index (χ0) is 23.7. The van der Waals surface area contributed by atoms with Gasteiger partial charge in [0.2, 0.25) is 0 Å². The third-order valence-corrected chi connectivity index (χ3v) is 6.53. The maximum absolute atomic E-state index is 13.4. The molecule has 0 unspecified atom stereocenters. The number of aromatic nitrogens is 2. The lowest BCUT2D eigenvalue weighted by Gasteiger charge is -2.26. The summed E-state index contributed by atoms with van der Waals surface area (Å²) in [6, 6.07) is 11.5. The average molecular weight is 501 g/mol. The predicted octanol–water partition coefficient (Wildman–Crippen LogP) is 5.17. The number of halogens is 3. The van der Waals surface area contributed by atoms with Gasteiger partial charge in [0.15, 0.2) is 5.69 Å². The lowest BCUT2D eigenvalue weighted by Crippen LogP contribution is -2.48. The van der Waals surface area contributed by atoms with Gasteiger partial charge in [-0.05, 0) is 66.8 Å². The summed E-state index contributed by atoms with van der Waals surface area (Å²) in [5.74, 6) is -0.545. The number of allylic oxidation sites excluding steroid dienone is 1. The van der Waals surface area contributed by atoms with Crippen LogP contribution in [-0.4, -0.2) is 47.0 Å². The largest absolute Gasteiger partial charge is 0.379 e. The molecule has 9 heteroatoms. The number of amides is 1. The maximum Gasteiger partial charge on any atom is 0.286 e. The number of fused-ring (bicyclic) bond motifs is 1. The van der Waals surface area contributed by atoms with E-state index in [4.69, 9.17) is 33.0 Å². The standard InChI is InChI=1S/C25H23Cl2FN4O2/c26-18-6-9-22(21(27)15-18)32-24-17(14-16-4-7-19(28)8-5-16)2-1-3-20(24)23(29-32)25(33)30-31-10-12-34-13-11-31/h4-9,14-15H,1-3,10-13H2,(H,30,33)/b17-14+. The highest BCUT2D eigenvalue weighted by molar-refractivity contribution is 6.35. The minimum atomic E-state index is -0.286. The molecule has 0 radical (unpaired) electrons. The number of hydrogen-bond donors (Lipinski definition) is 1. The summed E-state index contributed by atoms with van der Waals surface area (Å²) in [5, 5.41) is 7.54. The lowest BCUT2D eigenvalue weighted by molar-refractivity contribution is 0.0124. The van der Waals surface area contributed by atoms with Gasteiger partial charge >= 0.3 is 0 Å². The Morgan fingerprint density at radius 1 is 1.09 bits per heavy atom. The molecule has 2 aromatic carbocycles. The molecule has 1 aliphatic heterocycles. The molecule has 2 heterocycles. The molecular formula is C25H23Cl2FN4O2. The highest BCUT2D eigenvalue weighted by atomic mass is 35.5. The van der Waals surface area contributed by atoms with Crippen LogP contribution in [0.25, 0.3) is 17.3 Å². The molecule has 3 aromatic rings. The van der Waals surface area contributed by atoms with Gasteiger partial charge in [0.25, 0.3) is 5.91 Å². The highest BCUT2D eigenvalue weighted by Crippen LogP contribution is 2.37. The molecule has 6 nitrogen and oxygen atoms in total. The van der Waals surface area contributed by atoms with Gasteiger partial charge in [-0.3, -0.25) is 10.2 Å². The Labute approximate surface area is 206 Å². The van der Waals surface area contributed by atoms with Crippen LogP contribution in [0.15, 0.2) is 42.5 Å². The van der Waals surface area contributed by atoms with E-state index < -0.39 is 0 Å². The molecular weight excluding hydrogens is 478 g/mol. The molecule has 0 spiro atoms. The Hall–Kier alpha value is -2.71. The van der Waals surface area contributed by atoms with E-state index in [2.05, 4.69) is 5.43 Å². The molecule has 1 aromatic heterocycles. The lowest BCUT2D eigenvalue weighted by atomic mass is 9.89. The minimum Gasteiger partial charge on any atom is -0.379 e. The van der Waals surface area contributed by atoms with Gasteiger partial charge in [-0.2, -0.15) is 5.10 Å². The van der Waals surface area contributed by atoms with Crippen molar-refractivity contribution in [1.82, 2.24) is 20.2 Å². The van der Waals surface area contributed by atoms with Crippen molar-refractivity contribution in [1.29, 1.82) is 0 Å². The van der Waals surface area contributed by atoms with Crippen LogP contribution in [0, 0.1) is 5.82 Å². The Kier molecular flexibility index (Phi) is 6.70. The van der Waals surface area contributed by atoms with Crippen LogP contribution in [0.3, 0.4) is 0 Å². The van der Waals surface area contributed by atoms with Gasteiger partial charge in [0, 0.05) is 23.7 Å². The monoisotopic (exact) mass is 500 g/mol. The van der Waals surface area contributed by atoms with E-state index in [9.17, 15) is 9.18 Å². The van der Waals surface area contributed by atoms with E-state index in [0.717, 1.165) is 35.2 Å². The number of carbonyl (C=O) groups excluding carboxylic acids is 1. The van der Waals surface area contributed by atoms with E-state index in [0.29, 0.717) is 54.2 Å². The van der Waals surface area contributed by atoms with Crippen LogP contribution in [0.2, 0.25) is 10.0 Å². The van der Waals surface area contributed by atoms with Gasteiger partial charge in [0.05, 0.1) is 29.6 Å². The third kappa shape index (κ3) is 4.74. The van der Waals surface area contributed by atoms with E-state index in [1.807, 2.05) is 11.1 Å². The van der Waals surface area contributed by atoms with Gasteiger partial charge in [-0.25, -0.2) is 14.1 Å². The molecule has 34 heavy (non-hydrogen) atoms. The molecule has 0 saturated carbocycles. The summed E-state index contributed by atoms with van der Waals surface area (Å²) < 4.78 is 20.5. The van der Waals surface area contributed by atoms with E-state index >= 15 is 0 Å².